The number of benzene rings is 1. The van der Waals surface area contributed by atoms with Crippen LogP contribution < -0.4 is 10.2 Å². The number of carbonyl (C=O) groups is 1. The average Bonchev–Trinajstić information content (AvgIpc) is 3.28. The van der Waals surface area contributed by atoms with Crippen molar-refractivity contribution in [2.24, 2.45) is 5.92 Å². The summed E-state index contributed by atoms with van der Waals surface area (Å²) in [4.78, 5) is 21.4. The number of anilines is 1. The van der Waals surface area contributed by atoms with E-state index in [1.807, 2.05) is 36.2 Å². The van der Waals surface area contributed by atoms with Gasteiger partial charge in [0, 0.05) is 38.1 Å². The van der Waals surface area contributed by atoms with E-state index >= 15 is 0 Å². The second kappa shape index (κ2) is 6.43. The standard InChI is InChI=1S/C18H24N4O2/c1-19-14-8-11-22(12-14)17(23)13-6-9-21(10-7-13)18-20-15-4-2-3-5-16(15)24-18/h2-5,13-14,19H,6-12H2,1H3/t14-/m0/s1. The molecule has 1 aromatic carbocycles. The van der Waals surface area contributed by atoms with Gasteiger partial charge in [-0.25, -0.2) is 0 Å². The smallest absolute Gasteiger partial charge is 0.298 e. The molecule has 3 heterocycles. The van der Waals surface area contributed by atoms with Crippen LogP contribution in [0.15, 0.2) is 28.7 Å². The van der Waals surface area contributed by atoms with E-state index in [1.54, 1.807) is 0 Å². The van der Waals surface area contributed by atoms with Crippen molar-refractivity contribution in [3.05, 3.63) is 24.3 Å². The fourth-order valence-corrected chi connectivity index (χ4v) is 3.77. The first-order valence-corrected chi connectivity index (χ1v) is 8.81. The lowest BCUT2D eigenvalue weighted by Crippen LogP contribution is -2.42. The van der Waals surface area contributed by atoms with Crippen molar-refractivity contribution in [3.63, 3.8) is 0 Å². The Morgan fingerprint density at radius 3 is 2.71 bits per heavy atom. The number of oxazole rings is 1. The molecule has 4 rings (SSSR count). The van der Waals surface area contributed by atoms with Gasteiger partial charge in [0.05, 0.1) is 0 Å². The highest BCUT2D eigenvalue weighted by Gasteiger charge is 2.33. The van der Waals surface area contributed by atoms with Gasteiger partial charge in [-0.2, -0.15) is 4.98 Å². The van der Waals surface area contributed by atoms with Crippen molar-refractivity contribution < 1.29 is 9.21 Å². The highest BCUT2D eigenvalue weighted by Crippen LogP contribution is 2.27. The Morgan fingerprint density at radius 1 is 1.21 bits per heavy atom. The molecule has 0 aliphatic carbocycles. The van der Waals surface area contributed by atoms with Crippen molar-refractivity contribution in [3.8, 4) is 0 Å². The van der Waals surface area contributed by atoms with Crippen LogP contribution in [0.1, 0.15) is 19.3 Å². The molecular formula is C18H24N4O2. The molecule has 6 heteroatoms. The minimum absolute atomic E-state index is 0.140. The number of likely N-dealkylation sites (N-methyl/N-ethyl adjacent to an activating group) is 1. The van der Waals surface area contributed by atoms with Gasteiger partial charge in [0.25, 0.3) is 6.01 Å². The molecule has 2 fully saturated rings. The lowest BCUT2D eigenvalue weighted by atomic mass is 9.95. The van der Waals surface area contributed by atoms with Gasteiger partial charge in [0.1, 0.15) is 5.52 Å². The molecule has 2 saturated heterocycles. The third-order valence-electron chi connectivity index (χ3n) is 5.31. The number of nitrogens with one attached hydrogen (secondary N) is 1. The zero-order valence-electron chi connectivity index (χ0n) is 14.1. The maximum Gasteiger partial charge on any atom is 0.298 e. The van der Waals surface area contributed by atoms with Crippen LogP contribution in [0.25, 0.3) is 11.1 Å². The lowest BCUT2D eigenvalue weighted by molar-refractivity contribution is -0.135. The summed E-state index contributed by atoms with van der Waals surface area (Å²) in [6.45, 7) is 3.38. The number of para-hydroxylation sites is 2. The number of likely N-dealkylation sites (tertiary alicyclic amines) is 1. The minimum Gasteiger partial charge on any atom is -0.423 e. The molecule has 6 nitrogen and oxygen atoms in total. The zero-order chi connectivity index (χ0) is 16.5. The van der Waals surface area contributed by atoms with Gasteiger partial charge in [-0.3, -0.25) is 4.79 Å². The summed E-state index contributed by atoms with van der Waals surface area (Å²) in [5, 5.41) is 3.27. The van der Waals surface area contributed by atoms with E-state index in [0.29, 0.717) is 18.0 Å². The van der Waals surface area contributed by atoms with E-state index in [-0.39, 0.29) is 5.92 Å². The molecule has 1 amide bonds. The SMILES string of the molecule is CN[C@H]1CCN(C(=O)C2CCN(c3nc4ccccc4o3)CC2)C1. The number of hydrogen-bond donors (Lipinski definition) is 1. The molecule has 0 unspecified atom stereocenters. The van der Waals surface area contributed by atoms with Gasteiger partial charge in [0.15, 0.2) is 5.58 Å². The predicted octanol–water partition coefficient (Wildman–Crippen LogP) is 1.86. The Kier molecular flexibility index (Phi) is 4.14. The molecule has 24 heavy (non-hydrogen) atoms. The van der Waals surface area contributed by atoms with Crippen LogP contribution in [0.4, 0.5) is 6.01 Å². The number of hydrogen-bond acceptors (Lipinski definition) is 5. The maximum atomic E-state index is 12.7. The van der Waals surface area contributed by atoms with E-state index in [4.69, 9.17) is 4.42 Å². The molecule has 1 atom stereocenters. The van der Waals surface area contributed by atoms with Gasteiger partial charge in [0.2, 0.25) is 5.91 Å². The van der Waals surface area contributed by atoms with Crippen LogP contribution in [0.2, 0.25) is 0 Å². The number of amides is 1. The van der Waals surface area contributed by atoms with Gasteiger partial charge in [-0.05, 0) is 38.4 Å². The van der Waals surface area contributed by atoms with Crippen LogP contribution >= 0.6 is 0 Å². The third kappa shape index (κ3) is 2.86. The first-order valence-electron chi connectivity index (χ1n) is 8.81. The summed E-state index contributed by atoms with van der Waals surface area (Å²) >= 11 is 0. The quantitative estimate of drug-likeness (QED) is 0.932. The Hall–Kier alpha value is -2.08. The monoisotopic (exact) mass is 328 g/mol. The van der Waals surface area contributed by atoms with Crippen LogP contribution in [0, 0.1) is 5.92 Å². The van der Waals surface area contributed by atoms with Crippen molar-refractivity contribution in [1.29, 1.82) is 0 Å². The summed E-state index contributed by atoms with van der Waals surface area (Å²) in [5.74, 6) is 0.464. The Morgan fingerprint density at radius 2 is 2.00 bits per heavy atom. The number of rotatable bonds is 3. The van der Waals surface area contributed by atoms with E-state index in [1.165, 1.54) is 0 Å². The van der Waals surface area contributed by atoms with Crippen LogP contribution in [0.3, 0.4) is 0 Å². The maximum absolute atomic E-state index is 12.7. The van der Waals surface area contributed by atoms with Crippen LogP contribution in [-0.4, -0.2) is 55.1 Å². The van der Waals surface area contributed by atoms with Gasteiger partial charge in [-0.15, -0.1) is 0 Å². The molecular weight excluding hydrogens is 304 g/mol. The summed E-state index contributed by atoms with van der Waals surface area (Å²) in [7, 11) is 1.97. The highest BCUT2D eigenvalue weighted by atomic mass is 16.4. The second-order valence-electron chi connectivity index (χ2n) is 6.78. The molecule has 2 aromatic rings. The van der Waals surface area contributed by atoms with Gasteiger partial charge < -0.3 is 19.5 Å². The van der Waals surface area contributed by atoms with E-state index in [0.717, 1.165) is 56.5 Å². The Balaban J connectivity index is 1.37. The van der Waals surface area contributed by atoms with Gasteiger partial charge in [-0.1, -0.05) is 12.1 Å². The molecule has 128 valence electrons. The van der Waals surface area contributed by atoms with Crippen molar-refractivity contribution in [1.82, 2.24) is 15.2 Å². The molecule has 0 radical (unpaired) electrons. The topological polar surface area (TPSA) is 61.6 Å². The number of piperidine rings is 1. The van der Waals surface area contributed by atoms with Crippen LogP contribution in [0.5, 0.6) is 0 Å². The Bertz CT molecular complexity index is 688. The summed E-state index contributed by atoms with van der Waals surface area (Å²) in [6.07, 6.45) is 2.81. The second-order valence-corrected chi connectivity index (χ2v) is 6.78. The fourth-order valence-electron chi connectivity index (χ4n) is 3.77. The first-order chi connectivity index (χ1) is 11.7. The minimum atomic E-state index is 0.140. The van der Waals surface area contributed by atoms with Gasteiger partial charge >= 0.3 is 0 Å². The summed E-state index contributed by atoms with van der Waals surface area (Å²) < 4.78 is 5.84. The van der Waals surface area contributed by atoms with Crippen LogP contribution in [-0.2, 0) is 4.79 Å². The number of aromatic nitrogens is 1. The third-order valence-corrected chi connectivity index (χ3v) is 5.31. The van der Waals surface area contributed by atoms with Crippen molar-refractivity contribution >= 4 is 23.0 Å². The molecule has 1 aromatic heterocycles. The van der Waals surface area contributed by atoms with E-state index in [2.05, 4.69) is 15.2 Å². The number of fused-ring (bicyclic) bond motifs is 1. The largest absolute Gasteiger partial charge is 0.423 e. The van der Waals surface area contributed by atoms with Crippen molar-refractivity contribution in [2.45, 2.75) is 25.3 Å². The lowest BCUT2D eigenvalue weighted by Gasteiger charge is -2.32. The molecule has 0 saturated carbocycles. The molecule has 0 bridgehead atoms. The first kappa shape index (κ1) is 15.4. The van der Waals surface area contributed by atoms with E-state index in [9.17, 15) is 4.79 Å². The van der Waals surface area contributed by atoms with Crippen molar-refractivity contribution in [2.75, 3.05) is 38.1 Å². The summed E-state index contributed by atoms with van der Waals surface area (Å²) in [6, 6.07) is 8.95. The normalized spacial score (nSPS) is 22.5. The molecule has 1 N–H and O–H groups in total. The highest BCUT2D eigenvalue weighted by molar-refractivity contribution is 5.79. The van der Waals surface area contributed by atoms with E-state index < -0.39 is 0 Å². The summed E-state index contributed by atoms with van der Waals surface area (Å²) in [5.41, 5.74) is 1.71. The zero-order valence-corrected chi connectivity index (χ0v) is 14.1. The number of nitrogens with zero attached hydrogens (tertiary/aromatic N) is 3. The molecule has 2 aliphatic rings. The molecule has 0 spiro atoms. The average molecular weight is 328 g/mol. The fraction of sp³-hybridized carbons (Fsp3) is 0.556. The Labute approximate surface area is 141 Å². The number of carbonyl (C=O) groups excluding carboxylic acids is 1. The molecule has 2 aliphatic heterocycles. The predicted molar refractivity (Wildman–Crippen MR) is 93.0 cm³/mol.